The third kappa shape index (κ3) is 4.78. The zero-order valence-electron chi connectivity index (χ0n) is 17.7. The molecule has 3 aromatic rings. The van der Waals surface area contributed by atoms with Crippen LogP contribution < -0.4 is 10.4 Å². The van der Waals surface area contributed by atoms with Gasteiger partial charge in [0.25, 0.3) is 11.6 Å². The van der Waals surface area contributed by atoms with E-state index in [4.69, 9.17) is 9.15 Å². The molecule has 4 rings (SSSR count). The van der Waals surface area contributed by atoms with E-state index >= 15 is 0 Å². The highest BCUT2D eigenvalue weighted by molar-refractivity contribution is 5.97. The Bertz CT molecular complexity index is 1200. The first-order chi connectivity index (χ1) is 15.4. The summed E-state index contributed by atoms with van der Waals surface area (Å²) in [6, 6.07) is 13.2. The number of amides is 1. The lowest BCUT2D eigenvalue weighted by Crippen LogP contribution is -2.50. The number of rotatable bonds is 6. The van der Waals surface area contributed by atoms with Gasteiger partial charge in [-0.1, -0.05) is 17.7 Å². The van der Waals surface area contributed by atoms with E-state index < -0.39 is 16.5 Å². The highest BCUT2D eigenvalue weighted by atomic mass is 16.6. The van der Waals surface area contributed by atoms with Crippen LogP contribution in [0.1, 0.15) is 15.9 Å². The number of non-ortho nitro benzene ring substituents is 1. The van der Waals surface area contributed by atoms with Gasteiger partial charge in [-0.05, 0) is 31.2 Å². The van der Waals surface area contributed by atoms with Gasteiger partial charge in [-0.15, -0.1) is 0 Å². The number of hydrogen-bond acceptors (Lipinski definition) is 7. The van der Waals surface area contributed by atoms with Gasteiger partial charge in [0.15, 0.2) is 0 Å². The Kier molecular flexibility index (Phi) is 6.18. The smallest absolute Gasteiger partial charge is 0.349 e. The molecule has 0 bridgehead atoms. The van der Waals surface area contributed by atoms with Crippen LogP contribution >= 0.6 is 0 Å². The Labute approximate surface area is 183 Å². The highest BCUT2D eigenvalue weighted by Gasteiger charge is 2.25. The highest BCUT2D eigenvalue weighted by Crippen LogP contribution is 2.21. The number of benzene rings is 2. The molecule has 9 nitrogen and oxygen atoms in total. The second kappa shape index (κ2) is 9.19. The Balaban J connectivity index is 1.36. The van der Waals surface area contributed by atoms with Crippen LogP contribution in [-0.2, 0) is 0 Å². The predicted octanol–water partition coefficient (Wildman–Crippen LogP) is 2.85. The number of nitro benzene ring substituents is 1. The monoisotopic (exact) mass is 437 g/mol. The van der Waals surface area contributed by atoms with Crippen LogP contribution in [0.4, 0.5) is 5.69 Å². The Morgan fingerprint density at radius 1 is 1.09 bits per heavy atom. The van der Waals surface area contributed by atoms with Gasteiger partial charge in [0.1, 0.15) is 23.5 Å². The van der Waals surface area contributed by atoms with Gasteiger partial charge in [0, 0.05) is 50.2 Å². The number of aryl methyl sites for hydroxylation is 1. The molecular formula is C23H23N3O6. The molecule has 0 saturated carbocycles. The van der Waals surface area contributed by atoms with Crippen LogP contribution in [0, 0.1) is 17.0 Å². The van der Waals surface area contributed by atoms with E-state index in [1.165, 1.54) is 29.8 Å². The summed E-state index contributed by atoms with van der Waals surface area (Å²) in [5, 5.41) is 11.3. The maximum atomic E-state index is 12.9. The minimum absolute atomic E-state index is 0.117. The van der Waals surface area contributed by atoms with Gasteiger partial charge < -0.3 is 14.1 Å². The Morgan fingerprint density at radius 2 is 1.81 bits per heavy atom. The summed E-state index contributed by atoms with van der Waals surface area (Å²) in [5.41, 5.74) is 0.387. The van der Waals surface area contributed by atoms with Gasteiger partial charge in [-0.3, -0.25) is 19.8 Å². The largest absolute Gasteiger partial charge is 0.492 e. The molecule has 0 N–H and O–H groups in total. The fourth-order valence-corrected chi connectivity index (χ4v) is 3.65. The molecule has 0 aliphatic carbocycles. The Hall–Kier alpha value is -3.72. The maximum Gasteiger partial charge on any atom is 0.349 e. The number of fused-ring (bicyclic) bond motifs is 1. The van der Waals surface area contributed by atoms with E-state index in [0.29, 0.717) is 38.2 Å². The van der Waals surface area contributed by atoms with Crippen molar-refractivity contribution in [2.45, 2.75) is 6.92 Å². The van der Waals surface area contributed by atoms with Crippen molar-refractivity contribution in [2.24, 2.45) is 0 Å². The van der Waals surface area contributed by atoms with Gasteiger partial charge in [0.05, 0.1) is 4.92 Å². The third-order valence-corrected chi connectivity index (χ3v) is 5.51. The lowest BCUT2D eigenvalue weighted by atomic mass is 10.1. The Morgan fingerprint density at radius 3 is 2.50 bits per heavy atom. The van der Waals surface area contributed by atoms with Crippen molar-refractivity contribution in [3.05, 3.63) is 80.2 Å². The van der Waals surface area contributed by atoms with Crippen LogP contribution in [0.25, 0.3) is 11.0 Å². The van der Waals surface area contributed by atoms with E-state index in [0.717, 1.165) is 12.3 Å². The third-order valence-electron chi connectivity index (χ3n) is 5.51. The lowest BCUT2D eigenvalue weighted by molar-refractivity contribution is -0.384. The fraction of sp³-hybridized carbons (Fsp3) is 0.304. The number of carbonyl (C=O) groups is 1. The average Bonchev–Trinajstić information content (AvgIpc) is 2.79. The van der Waals surface area contributed by atoms with Crippen LogP contribution in [-0.4, -0.2) is 60.0 Å². The van der Waals surface area contributed by atoms with Crippen LogP contribution in [0.2, 0.25) is 0 Å². The summed E-state index contributed by atoms with van der Waals surface area (Å²) in [7, 11) is 0. The molecule has 1 saturated heterocycles. The average molecular weight is 437 g/mol. The van der Waals surface area contributed by atoms with Crippen molar-refractivity contribution >= 4 is 22.6 Å². The number of carbonyl (C=O) groups excluding carboxylic acids is 1. The summed E-state index contributed by atoms with van der Waals surface area (Å²) < 4.78 is 11.0. The van der Waals surface area contributed by atoms with Crippen LogP contribution in [0.3, 0.4) is 0 Å². The number of ether oxygens (including phenoxy) is 1. The lowest BCUT2D eigenvalue weighted by Gasteiger charge is -2.34. The molecule has 1 aliphatic heterocycles. The summed E-state index contributed by atoms with van der Waals surface area (Å²) in [6.45, 7) is 5.56. The second-order valence-corrected chi connectivity index (χ2v) is 7.72. The summed E-state index contributed by atoms with van der Waals surface area (Å²) >= 11 is 0. The van der Waals surface area contributed by atoms with Crippen molar-refractivity contribution in [1.82, 2.24) is 9.80 Å². The van der Waals surface area contributed by atoms with Crippen molar-refractivity contribution < 1.29 is 18.9 Å². The molecule has 1 aliphatic rings. The van der Waals surface area contributed by atoms with Gasteiger partial charge >= 0.3 is 5.63 Å². The molecule has 0 atom stereocenters. The van der Waals surface area contributed by atoms with E-state index in [9.17, 15) is 19.7 Å². The zero-order valence-corrected chi connectivity index (χ0v) is 17.7. The molecular weight excluding hydrogens is 414 g/mol. The minimum atomic E-state index is -0.745. The molecule has 0 radical (unpaired) electrons. The van der Waals surface area contributed by atoms with Gasteiger partial charge in [-0.2, -0.15) is 0 Å². The van der Waals surface area contributed by atoms with Crippen LogP contribution in [0.5, 0.6) is 5.75 Å². The summed E-state index contributed by atoms with van der Waals surface area (Å²) in [5.74, 6) is 0.399. The molecule has 32 heavy (non-hydrogen) atoms. The molecule has 0 spiro atoms. The second-order valence-electron chi connectivity index (χ2n) is 7.72. The number of nitro groups is 1. The molecule has 2 heterocycles. The maximum absolute atomic E-state index is 12.9. The standard InChI is InChI=1S/C23H23N3O6/c1-16-2-5-19(6-3-16)31-13-12-24-8-10-25(11-9-24)22(27)20-15-17-14-18(26(29)30)4-7-21(17)32-23(20)28/h2-7,14-15H,8-13H2,1H3. The number of nitrogens with zero attached hydrogens (tertiary/aromatic N) is 3. The first-order valence-corrected chi connectivity index (χ1v) is 10.3. The normalized spacial score (nSPS) is 14.5. The van der Waals surface area contributed by atoms with Gasteiger partial charge in [-0.25, -0.2) is 4.79 Å². The van der Waals surface area contributed by atoms with Crippen molar-refractivity contribution in [3.8, 4) is 5.75 Å². The van der Waals surface area contributed by atoms with Gasteiger partial charge in [0.2, 0.25) is 0 Å². The van der Waals surface area contributed by atoms with E-state index in [1.54, 1.807) is 4.90 Å². The van der Waals surface area contributed by atoms with Crippen molar-refractivity contribution in [1.29, 1.82) is 0 Å². The SMILES string of the molecule is Cc1ccc(OCCN2CCN(C(=O)c3cc4cc([N+](=O)[O-])ccc4oc3=O)CC2)cc1. The summed E-state index contributed by atoms with van der Waals surface area (Å²) in [4.78, 5) is 39.5. The van der Waals surface area contributed by atoms with E-state index in [1.807, 2.05) is 31.2 Å². The molecule has 0 unspecified atom stereocenters. The van der Waals surface area contributed by atoms with E-state index in [2.05, 4.69) is 4.90 Å². The van der Waals surface area contributed by atoms with Crippen molar-refractivity contribution in [2.75, 3.05) is 39.3 Å². The molecule has 2 aromatic carbocycles. The molecule has 1 fully saturated rings. The first-order valence-electron chi connectivity index (χ1n) is 10.3. The summed E-state index contributed by atoms with van der Waals surface area (Å²) in [6.07, 6.45) is 0. The first kappa shape index (κ1) is 21.5. The van der Waals surface area contributed by atoms with Crippen molar-refractivity contribution in [3.63, 3.8) is 0 Å². The quantitative estimate of drug-likeness (QED) is 0.332. The topological polar surface area (TPSA) is 106 Å². The fourth-order valence-electron chi connectivity index (χ4n) is 3.65. The molecule has 1 amide bonds. The molecule has 9 heteroatoms. The zero-order chi connectivity index (χ0) is 22.7. The predicted molar refractivity (Wildman–Crippen MR) is 118 cm³/mol. The number of hydrogen-bond donors (Lipinski definition) is 0. The van der Waals surface area contributed by atoms with E-state index in [-0.39, 0.29) is 16.8 Å². The van der Waals surface area contributed by atoms with Crippen LogP contribution in [0.15, 0.2) is 57.7 Å². The number of piperazine rings is 1. The minimum Gasteiger partial charge on any atom is -0.492 e. The molecule has 1 aromatic heterocycles. The molecule has 166 valence electrons.